The maximum Gasteiger partial charge on any atom is 0.278 e. The fourth-order valence-electron chi connectivity index (χ4n) is 4.27. The highest BCUT2D eigenvalue weighted by molar-refractivity contribution is 6.30. The SMILES string of the molecule is CN(Cc1ccc(Cl)cc1)C(=O)c1n[nH]c2c(C#CCCO)cc(CC3CCOCC3)cc2c1=O. The molecule has 35 heavy (non-hydrogen) atoms. The minimum Gasteiger partial charge on any atom is -0.395 e. The number of hydrogen-bond donors (Lipinski definition) is 2. The summed E-state index contributed by atoms with van der Waals surface area (Å²) in [6, 6.07) is 11.0. The van der Waals surface area contributed by atoms with E-state index in [0.29, 0.717) is 40.4 Å². The van der Waals surface area contributed by atoms with E-state index < -0.39 is 11.3 Å². The molecular formula is C27H28ClN3O4. The molecule has 1 amide bonds. The molecule has 2 heterocycles. The van der Waals surface area contributed by atoms with Gasteiger partial charge in [0.15, 0.2) is 5.69 Å². The third-order valence-corrected chi connectivity index (χ3v) is 6.40. The van der Waals surface area contributed by atoms with Gasteiger partial charge in [-0.15, -0.1) is 0 Å². The lowest BCUT2D eigenvalue weighted by Gasteiger charge is -2.22. The Morgan fingerprint density at radius 2 is 1.97 bits per heavy atom. The topological polar surface area (TPSA) is 95.5 Å². The zero-order chi connectivity index (χ0) is 24.8. The van der Waals surface area contributed by atoms with Gasteiger partial charge in [0.1, 0.15) is 0 Å². The number of benzene rings is 2. The van der Waals surface area contributed by atoms with Gasteiger partial charge in [-0.3, -0.25) is 14.7 Å². The third-order valence-electron chi connectivity index (χ3n) is 6.14. The Hall–Kier alpha value is -3.18. The highest BCUT2D eigenvalue weighted by Crippen LogP contribution is 2.24. The second-order valence-electron chi connectivity index (χ2n) is 8.79. The molecular weight excluding hydrogens is 466 g/mol. The van der Waals surface area contributed by atoms with Gasteiger partial charge in [-0.1, -0.05) is 35.6 Å². The van der Waals surface area contributed by atoms with Gasteiger partial charge < -0.3 is 14.7 Å². The predicted octanol–water partition coefficient (Wildman–Crippen LogP) is 3.55. The summed E-state index contributed by atoms with van der Waals surface area (Å²) in [4.78, 5) is 28.0. The summed E-state index contributed by atoms with van der Waals surface area (Å²) in [6.45, 7) is 1.76. The zero-order valence-corrected chi connectivity index (χ0v) is 20.4. The lowest BCUT2D eigenvalue weighted by molar-refractivity contribution is 0.0665. The van der Waals surface area contributed by atoms with E-state index in [4.69, 9.17) is 21.4 Å². The minimum absolute atomic E-state index is 0.0416. The number of amides is 1. The van der Waals surface area contributed by atoms with E-state index in [2.05, 4.69) is 22.0 Å². The van der Waals surface area contributed by atoms with Gasteiger partial charge >= 0.3 is 0 Å². The van der Waals surface area contributed by atoms with Crippen LogP contribution < -0.4 is 5.43 Å². The third kappa shape index (κ3) is 6.09. The Bertz CT molecular complexity index is 1320. The van der Waals surface area contributed by atoms with Crippen LogP contribution in [0.25, 0.3) is 10.9 Å². The van der Waals surface area contributed by atoms with Gasteiger partial charge in [0.05, 0.1) is 23.1 Å². The fourth-order valence-corrected chi connectivity index (χ4v) is 4.39. The van der Waals surface area contributed by atoms with Crippen molar-refractivity contribution in [2.45, 2.75) is 32.2 Å². The first-order chi connectivity index (χ1) is 17.0. The van der Waals surface area contributed by atoms with E-state index in [1.807, 2.05) is 24.3 Å². The van der Waals surface area contributed by atoms with Crippen LogP contribution in [-0.4, -0.2) is 53.0 Å². The molecule has 0 spiro atoms. The molecule has 1 aromatic heterocycles. The molecule has 2 N–H and O–H groups in total. The van der Waals surface area contributed by atoms with Crippen molar-refractivity contribution in [1.29, 1.82) is 0 Å². The molecule has 0 saturated carbocycles. The fraction of sp³-hybridized carbons (Fsp3) is 0.370. The second kappa shape index (κ2) is 11.5. The quantitative estimate of drug-likeness (QED) is 0.512. The number of ether oxygens (including phenoxy) is 1. The molecule has 2 aromatic carbocycles. The average molecular weight is 494 g/mol. The maximum absolute atomic E-state index is 13.4. The highest BCUT2D eigenvalue weighted by Gasteiger charge is 2.21. The molecule has 0 radical (unpaired) electrons. The van der Waals surface area contributed by atoms with Gasteiger partial charge in [0.25, 0.3) is 5.91 Å². The van der Waals surface area contributed by atoms with E-state index in [1.54, 1.807) is 19.2 Å². The standard InChI is InChI=1S/C27H28ClN3O4/c1-31(17-19-5-7-22(28)8-6-19)27(34)25-26(33)23-16-20(14-18-9-12-35-13-10-18)15-21(4-2-3-11-32)24(23)29-30-25/h5-8,15-16,18,32H,3,9-14,17H2,1H3,(H,29,33). The molecule has 1 saturated heterocycles. The van der Waals surface area contributed by atoms with Crippen LogP contribution >= 0.6 is 11.6 Å². The van der Waals surface area contributed by atoms with Crippen molar-refractivity contribution >= 4 is 28.4 Å². The zero-order valence-electron chi connectivity index (χ0n) is 19.6. The number of H-pyrrole nitrogens is 1. The van der Waals surface area contributed by atoms with Gasteiger partial charge in [-0.2, -0.15) is 5.10 Å². The van der Waals surface area contributed by atoms with Crippen molar-refractivity contribution in [3.8, 4) is 11.8 Å². The summed E-state index contributed by atoms with van der Waals surface area (Å²) < 4.78 is 5.47. The largest absolute Gasteiger partial charge is 0.395 e. The van der Waals surface area contributed by atoms with Crippen molar-refractivity contribution in [3.63, 3.8) is 0 Å². The summed E-state index contributed by atoms with van der Waals surface area (Å²) in [5.74, 6) is 5.98. The number of carbonyl (C=O) groups excluding carboxylic acids is 1. The molecule has 0 unspecified atom stereocenters. The lowest BCUT2D eigenvalue weighted by atomic mass is 9.91. The van der Waals surface area contributed by atoms with Crippen LogP contribution in [0.1, 0.15) is 46.4 Å². The molecule has 0 atom stereocenters. The summed E-state index contributed by atoms with van der Waals surface area (Å²) >= 11 is 5.95. The van der Waals surface area contributed by atoms with Crippen LogP contribution in [0.5, 0.6) is 0 Å². The molecule has 1 fully saturated rings. The molecule has 182 valence electrons. The van der Waals surface area contributed by atoms with Gasteiger partial charge in [-0.05, 0) is 60.6 Å². The smallest absolute Gasteiger partial charge is 0.278 e. The van der Waals surface area contributed by atoms with Crippen LogP contribution in [0.3, 0.4) is 0 Å². The first kappa shape index (κ1) is 24.9. The number of aromatic nitrogens is 2. The van der Waals surface area contributed by atoms with Crippen molar-refractivity contribution in [3.05, 3.63) is 74.0 Å². The number of aromatic amines is 1. The number of fused-ring (bicyclic) bond motifs is 1. The average Bonchev–Trinajstić information content (AvgIpc) is 2.86. The number of halogens is 1. The number of nitrogens with zero attached hydrogens (tertiary/aromatic N) is 2. The number of aliphatic hydroxyl groups excluding tert-OH is 1. The van der Waals surface area contributed by atoms with E-state index in [1.165, 1.54) is 4.90 Å². The monoisotopic (exact) mass is 493 g/mol. The molecule has 0 bridgehead atoms. The number of rotatable bonds is 6. The van der Waals surface area contributed by atoms with Gasteiger partial charge in [-0.25, -0.2) is 0 Å². The van der Waals surface area contributed by atoms with Gasteiger partial charge in [0, 0.05) is 38.2 Å². The summed E-state index contributed by atoms with van der Waals surface area (Å²) in [5, 5.41) is 17.1. The van der Waals surface area contributed by atoms with Crippen molar-refractivity contribution in [2.24, 2.45) is 5.92 Å². The maximum atomic E-state index is 13.4. The van der Waals surface area contributed by atoms with Crippen LogP contribution in [0.4, 0.5) is 0 Å². The number of aliphatic hydroxyl groups is 1. The van der Waals surface area contributed by atoms with E-state index in [0.717, 1.165) is 43.6 Å². The number of nitrogens with one attached hydrogen (secondary N) is 1. The van der Waals surface area contributed by atoms with Gasteiger partial charge in [0.2, 0.25) is 5.43 Å². The molecule has 1 aliphatic heterocycles. The van der Waals surface area contributed by atoms with Crippen LogP contribution in [0.15, 0.2) is 41.2 Å². The number of hydrogen-bond acceptors (Lipinski definition) is 5. The first-order valence-corrected chi connectivity index (χ1v) is 12.1. The van der Waals surface area contributed by atoms with Crippen molar-refractivity contribution in [1.82, 2.24) is 15.1 Å². The van der Waals surface area contributed by atoms with Crippen LogP contribution in [-0.2, 0) is 17.7 Å². The normalized spacial score (nSPS) is 13.9. The molecule has 3 aromatic rings. The first-order valence-electron chi connectivity index (χ1n) is 11.7. The minimum atomic E-state index is -0.467. The molecule has 1 aliphatic rings. The number of carbonyl (C=O) groups is 1. The second-order valence-corrected chi connectivity index (χ2v) is 9.23. The van der Waals surface area contributed by atoms with Crippen molar-refractivity contribution < 1.29 is 14.6 Å². The molecule has 4 rings (SSSR count). The molecule has 7 nitrogen and oxygen atoms in total. The Kier molecular flexibility index (Phi) is 8.19. The molecule has 8 heteroatoms. The Labute approximate surface area is 209 Å². The Morgan fingerprint density at radius 1 is 1.23 bits per heavy atom. The Morgan fingerprint density at radius 3 is 2.69 bits per heavy atom. The van der Waals surface area contributed by atoms with Crippen molar-refractivity contribution in [2.75, 3.05) is 26.9 Å². The highest BCUT2D eigenvalue weighted by atomic mass is 35.5. The molecule has 0 aliphatic carbocycles. The Balaban J connectivity index is 1.69. The van der Waals surface area contributed by atoms with E-state index in [-0.39, 0.29) is 12.3 Å². The van der Waals surface area contributed by atoms with Crippen LogP contribution in [0, 0.1) is 17.8 Å². The van der Waals surface area contributed by atoms with E-state index in [9.17, 15) is 9.59 Å². The lowest BCUT2D eigenvalue weighted by Crippen LogP contribution is -2.32. The predicted molar refractivity (Wildman–Crippen MR) is 135 cm³/mol. The summed E-state index contributed by atoms with van der Waals surface area (Å²) in [5.41, 5.74) is 2.42. The summed E-state index contributed by atoms with van der Waals surface area (Å²) in [6.07, 6.45) is 3.07. The summed E-state index contributed by atoms with van der Waals surface area (Å²) in [7, 11) is 1.63. The van der Waals surface area contributed by atoms with E-state index >= 15 is 0 Å². The van der Waals surface area contributed by atoms with Crippen LogP contribution in [0.2, 0.25) is 5.02 Å².